The van der Waals surface area contributed by atoms with Gasteiger partial charge >= 0.3 is 0 Å². The van der Waals surface area contributed by atoms with E-state index in [1.54, 1.807) is 23.1 Å². The van der Waals surface area contributed by atoms with Gasteiger partial charge in [0, 0.05) is 86.6 Å². The molecule has 0 radical (unpaired) electrons. The number of nitro benzene ring substituents is 1. The number of nitrogens with one attached hydrogen (secondary N) is 2. The van der Waals surface area contributed by atoms with Gasteiger partial charge in [0.15, 0.2) is 0 Å². The Hall–Kier alpha value is -4.72. The van der Waals surface area contributed by atoms with Crippen LogP contribution in [0.5, 0.6) is 0 Å². The number of amides is 4. The zero-order valence-corrected chi connectivity index (χ0v) is 23.1. The van der Waals surface area contributed by atoms with Crippen LogP contribution in [-0.2, 0) is 0 Å². The van der Waals surface area contributed by atoms with Crippen molar-refractivity contribution in [1.29, 1.82) is 0 Å². The van der Waals surface area contributed by atoms with E-state index in [0.29, 0.717) is 56.6 Å². The molecule has 2 aliphatic rings. The summed E-state index contributed by atoms with van der Waals surface area (Å²) in [5.74, 6) is -2.27. The number of benzene rings is 3. The van der Waals surface area contributed by atoms with Gasteiger partial charge in [-0.05, 0) is 36.7 Å². The summed E-state index contributed by atoms with van der Waals surface area (Å²) in [6, 6.07) is 11.4. The van der Waals surface area contributed by atoms with Crippen LogP contribution in [0, 0.1) is 10.1 Å². The number of imide groups is 1. The monoisotopic (exact) mass is 573 g/mol. The molecule has 0 bridgehead atoms. The number of hydrogen-bond donors (Lipinski definition) is 3. The zero-order chi connectivity index (χ0) is 30.0. The SMILES string of the molecule is CN1CCN(C(=O)c2cc(C(=O)NCCNCCN)cc(N3C(=O)c4cccc5cc([N+](=O)[O-])cc(c45)C3=O)c2)CC1. The predicted molar refractivity (Wildman–Crippen MR) is 156 cm³/mol. The largest absolute Gasteiger partial charge is 0.351 e. The molecule has 13 heteroatoms. The number of nitro groups is 1. The first kappa shape index (κ1) is 28.8. The molecule has 4 amide bonds. The molecule has 1 fully saturated rings. The Morgan fingerprint density at radius 1 is 0.929 bits per heavy atom. The van der Waals surface area contributed by atoms with Crippen molar-refractivity contribution in [2.45, 2.75) is 0 Å². The van der Waals surface area contributed by atoms with Crippen LogP contribution in [-0.4, -0.2) is 97.8 Å². The molecule has 0 atom stereocenters. The maximum absolute atomic E-state index is 13.8. The van der Waals surface area contributed by atoms with Crippen LogP contribution in [0.25, 0.3) is 10.8 Å². The average molecular weight is 574 g/mol. The average Bonchev–Trinajstić information content (AvgIpc) is 2.99. The summed E-state index contributed by atoms with van der Waals surface area (Å²) in [6.45, 7) is 4.10. The number of non-ortho nitro benzene ring substituents is 1. The molecule has 4 N–H and O–H groups in total. The highest BCUT2D eigenvalue weighted by Gasteiger charge is 2.36. The second kappa shape index (κ2) is 12.0. The van der Waals surface area contributed by atoms with Gasteiger partial charge in [0.1, 0.15) is 0 Å². The summed E-state index contributed by atoms with van der Waals surface area (Å²) in [7, 11) is 1.96. The topological polar surface area (TPSA) is 171 Å². The predicted octanol–water partition coefficient (Wildman–Crippen LogP) is 1.21. The molecule has 1 saturated heterocycles. The summed E-state index contributed by atoms with van der Waals surface area (Å²) in [6.07, 6.45) is 0. The molecule has 42 heavy (non-hydrogen) atoms. The van der Waals surface area contributed by atoms with Crippen molar-refractivity contribution >= 4 is 45.8 Å². The van der Waals surface area contributed by atoms with E-state index in [2.05, 4.69) is 15.5 Å². The van der Waals surface area contributed by atoms with Crippen LogP contribution in [0.3, 0.4) is 0 Å². The highest BCUT2D eigenvalue weighted by Crippen LogP contribution is 2.36. The number of piperazine rings is 1. The fourth-order valence-corrected chi connectivity index (χ4v) is 5.21. The van der Waals surface area contributed by atoms with Crippen LogP contribution in [0.15, 0.2) is 48.5 Å². The highest BCUT2D eigenvalue weighted by atomic mass is 16.6. The van der Waals surface area contributed by atoms with Crippen LogP contribution in [0.4, 0.5) is 11.4 Å². The van der Waals surface area contributed by atoms with E-state index < -0.39 is 22.6 Å². The van der Waals surface area contributed by atoms with E-state index in [1.165, 1.54) is 24.3 Å². The van der Waals surface area contributed by atoms with E-state index in [1.807, 2.05) is 7.05 Å². The number of carbonyl (C=O) groups is 4. The number of hydrogen-bond acceptors (Lipinski definition) is 9. The summed E-state index contributed by atoms with van der Waals surface area (Å²) < 4.78 is 0. The van der Waals surface area contributed by atoms with Crippen LogP contribution < -0.4 is 21.3 Å². The quantitative estimate of drug-likeness (QED) is 0.147. The van der Waals surface area contributed by atoms with Gasteiger partial charge in [-0.2, -0.15) is 0 Å². The smallest absolute Gasteiger partial charge is 0.270 e. The number of likely N-dealkylation sites (N-methyl/N-ethyl adjacent to an activating group) is 1. The third-order valence-electron chi connectivity index (χ3n) is 7.42. The van der Waals surface area contributed by atoms with Crippen molar-refractivity contribution in [3.63, 3.8) is 0 Å². The molecule has 3 aromatic carbocycles. The number of nitrogens with two attached hydrogens (primary N) is 1. The zero-order valence-electron chi connectivity index (χ0n) is 23.1. The van der Waals surface area contributed by atoms with Gasteiger partial charge in [-0.15, -0.1) is 0 Å². The van der Waals surface area contributed by atoms with E-state index in [4.69, 9.17) is 5.73 Å². The van der Waals surface area contributed by atoms with E-state index in [-0.39, 0.29) is 46.1 Å². The number of carbonyl (C=O) groups excluding carboxylic acids is 4. The Bertz CT molecular complexity index is 1600. The minimum atomic E-state index is -0.783. The third-order valence-corrected chi connectivity index (χ3v) is 7.42. The van der Waals surface area contributed by atoms with Crippen molar-refractivity contribution in [2.75, 3.05) is 64.3 Å². The van der Waals surface area contributed by atoms with Gasteiger partial charge in [-0.1, -0.05) is 12.1 Å². The van der Waals surface area contributed by atoms with Gasteiger partial charge in [0.05, 0.1) is 16.2 Å². The minimum Gasteiger partial charge on any atom is -0.351 e. The number of anilines is 1. The molecule has 13 nitrogen and oxygen atoms in total. The lowest BCUT2D eigenvalue weighted by Gasteiger charge is -2.33. The van der Waals surface area contributed by atoms with Gasteiger partial charge in [0.2, 0.25) is 0 Å². The highest BCUT2D eigenvalue weighted by molar-refractivity contribution is 6.36. The normalized spacial score (nSPS) is 15.3. The van der Waals surface area contributed by atoms with Crippen LogP contribution in [0.2, 0.25) is 0 Å². The fraction of sp³-hybridized carbons (Fsp3) is 0.310. The minimum absolute atomic E-state index is 0.0119. The maximum atomic E-state index is 13.8. The lowest BCUT2D eigenvalue weighted by molar-refractivity contribution is -0.384. The summed E-state index contributed by atoms with van der Waals surface area (Å²) in [5.41, 5.74) is 5.62. The molecule has 0 unspecified atom stereocenters. The standard InChI is InChI=1S/C29H31N7O6/c1-33-9-11-34(12-10-33)27(38)20-13-19(26(37)32-8-7-31-6-5-30)15-21(16-20)35-28(39)23-4-2-3-18-14-22(36(41)42)17-24(25(18)23)29(35)40/h2-4,13-17,31H,5-12,30H2,1H3,(H,32,37). The van der Waals surface area contributed by atoms with Crippen molar-refractivity contribution in [3.8, 4) is 0 Å². The fourth-order valence-electron chi connectivity index (χ4n) is 5.21. The first-order valence-corrected chi connectivity index (χ1v) is 13.6. The number of rotatable bonds is 9. The lowest BCUT2D eigenvalue weighted by Crippen LogP contribution is -2.47. The van der Waals surface area contributed by atoms with Crippen molar-refractivity contribution in [1.82, 2.24) is 20.4 Å². The Labute approximate surface area is 241 Å². The van der Waals surface area contributed by atoms with E-state index >= 15 is 0 Å². The lowest BCUT2D eigenvalue weighted by atomic mass is 9.92. The molecule has 0 spiro atoms. The first-order chi connectivity index (χ1) is 20.2. The van der Waals surface area contributed by atoms with Crippen molar-refractivity contribution in [3.05, 3.63) is 80.9 Å². The molecule has 2 aliphatic heterocycles. The maximum Gasteiger partial charge on any atom is 0.270 e. The summed E-state index contributed by atoms with van der Waals surface area (Å²) in [5, 5.41) is 18.2. The molecule has 0 aliphatic carbocycles. The summed E-state index contributed by atoms with van der Waals surface area (Å²) in [4.78, 5) is 70.0. The molecule has 5 rings (SSSR count). The molecule has 3 aromatic rings. The van der Waals surface area contributed by atoms with Crippen LogP contribution >= 0.6 is 0 Å². The Morgan fingerprint density at radius 2 is 1.64 bits per heavy atom. The molecule has 218 valence electrons. The molecular formula is C29H31N7O6. The van der Waals surface area contributed by atoms with E-state index in [9.17, 15) is 29.3 Å². The van der Waals surface area contributed by atoms with Gasteiger partial charge in [-0.25, -0.2) is 4.90 Å². The molecule has 0 saturated carbocycles. The molecular weight excluding hydrogens is 542 g/mol. The van der Waals surface area contributed by atoms with Gasteiger partial charge < -0.3 is 26.2 Å². The summed E-state index contributed by atoms with van der Waals surface area (Å²) >= 11 is 0. The van der Waals surface area contributed by atoms with Gasteiger partial charge in [-0.3, -0.25) is 29.3 Å². The second-order valence-corrected chi connectivity index (χ2v) is 10.3. The number of nitrogens with zero attached hydrogens (tertiary/aromatic N) is 4. The molecule has 2 heterocycles. The molecule has 0 aromatic heterocycles. The Balaban J connectivity index is 1.56. The van der Waals surface area contributed by atoms with E-state index in [0.717, 1.165) is 11.0 Å². The van der Waals surface area contributed by atoms with Crippen molar-refractivity contribution < 1.29 is 24.1 Å². The Morgan fingerprint density at radius 3 is 2.36 bits per heavy atom. The first-order valence-electron chi connectivity index (χ1n) is 13.6. The van der Waals surface area contributed by atoms with Crippen LogP contribution in [0.1, 0.15) is 41.4 Å². The van der Waals surface area contributed by atoms with Gasteiger partial charge in [0.25, 0.3) is 29.3 Å². The second-order valence-electron chi connectivity index (χ2n) is 10.3. The third kappa shape index (κ3) is 5.57. The van der Waals surface area contributed by atoms with Crippen molar-refractivity contribution in [2.24, 2.45) is 5.73 Å². The Kier molecular flexibility index (Phi) is 8.24.